The van der Waals surface area contributed by atoms with E-state index < -0.39 is 51.3 Å². The zero-order valence-corrected chi connectivity index (χ0v) is 46.9. The van der Waals surface area contributed by atoms with Crippen molar-refractivity contribution in [3.8, 4) is 0 Å². The van der Waals surface area contributed by atoms with E-state index in [4.69, 9.17) is 23.9 Å². The Morgan fingerprint density at radius 1 is 0.526 bits per heavy atom. The fourth-order valence-electron chi connectivity index (χ4n) is 10.2. The highest BCUT2D eigenvalue weighted by atomic mass is 32.2. The summed E-state index contributed by atoms with van der Waals surface area (Å²) in [5.41, 5.74) is 2.72. The predicted molar refractivity (Wildman–Crippen MR) is 305 cm³/mol. The lowest BCUT2D eigenvalue weighted by molar-refractivity contribution is -0.0283. The topological polar surface area (TPSA) is 155 Å². The van der Waals surface area contributed by atoms with Gasteiger partial charge in [0.2, 0.25) is 5.78 Å². The first kappa shape index (κ1) is 57.2. The zero-order chi connectivity index (χ0) is 55.3. The van der Waals surface area contributed by atoms with Gasteiger partial charge in [-0.3, -0.25) is 14.8 Å². The van der Waals surface area contributed by atoms with Crippen molar-refractivity contribution in [2.24, 2.45) is 11.8 Å². The summed E-state index contributed by atoms with van der Waals surface area (Å²) < 4.78 is 23.5. The summed E-state index contributed by atoms with van der Waals surface area (Å²) in [5.74, 6) is -0.00595. The van der Waals surface area contributed by atoms with Crippen molar-refractivity contribution in [1.29, 1.82) is 0 Å². The molecule has 3 saturated heterocycles. The van der Waals surface area contributed by atoms with Gasteiger partial charge in [0.1, 0.15) is 27.1 Å². The Kier molecular flexibility index (Phi) is 19.2. The third kappa shape index (κ3) is 14.8. The molecule has 0 spiro atoms. The molecule has 9 rings (SSSR count). The lowest BCUT2D eigenvalue weighted by Crippen LogP contribution is -2.52. The van der Waals surface area contributed by atoms with Crippen molar-refractivity contribution in [2.45, 2.75) is 113 Å². The van der Waals surface area contributed by atoms with E-state index in [0.717, 1.165) is 47.6 Å². The van der Waals surface area contributed by atoms with E-state index in [1.165, 1.54) is 6.20 Å². The minimum Gasteiger partial charge on any atom is -0.456 e. The molecular weight excluding hydrogens is 1020 g/mol. The predicted octanol–water partition coefficient (Wildman–Crippen LogP) is 13.6. The van der Waals surface area contributed by atoms with E-state index in [0.29, 0.717) is 30.5 Å². The van der Waals surface area contributed by atoms with Crippen LogP contribution < -0.4 is 0 Å². The van der Waals surface area contributed by atoms with E-state index in [1.807, 2.05) is 161 Å². The number of benzene rings is 4. The maximum atomic E-state index is 13.7. The van der Waals surface area contributed by atoms with Crippen LogP contribution in [-0.2, 0) is 23.0 Å². The average molecular weight is 1090 g/mol. The lowest BCUT2D eigenvalue weighted by atomic mass is 9.84. The molecule has 4 aromatic carbocycles. The zero-order valence-electron chi connectivity index (χ0n) is 45.3. The van der Waals surface area contributed by atoms with Crippen LogP contribution >= 0.6 is 23.5 Å². The van der Waals surface area contributed by atoms with Crippen molar-refractivity contribution in [1.82, 2.24) is 19.8 Å². The van der Waals surface area contributed by atoms with Crippen molar-refractivity contribution in [3.63, 3.8) is 0 Å². The van der Waals surface area contributed by atoms with Gasteiger partial charge in [0, 0.05) is 37.3 Å². The standard InChI is InChI=1S/C33H38N2O4S2.C30H32N2O5/c1-32(2,3)39-31(37)35-23-26(18-19-27(35)24-13-6-4-7-14-24)29(38-30(36)25-15-8-5-9-16-25)33(40-21-12-22-41-33)28-17-10-11-20-34-28;1-30(2,3)37-29(35)32-20-23(17-18-25(32)21-12-6-4-7-13-21)27(26(33)24-16-10-11-19-31-24)36-28(34)22-14-8-5-9-15-22/h4-11,13-17,20,26-27,29H,12,18-19,21-23H2,1-3H3;4-16,19,23,25,27H,17-18,20H2,1-3H3. The number of piperidine rings is 2. The minimum atomic E-state index is -1.11. The Labute approximate surface area is 467 Å². The fraction of sp³-hybridized carbons (Fsp3) is 0.381. The molecule has 0 N–H and O–H groups in total. The Bertz CT molecular complexity index is 2900. The van der Waals surface area contributed by atoms with Crippen LogP contribution in [0.15, 0.2) is 170 Å². The number of hydrogen-bond acceptors (Lipinski definition) is 13. The molecule has 0 radical (unpaired) electrons. The summed E-state index contributed by atoms with van der Waals surface area (Å²) in [6.07, 6.45) is 4.67. The smallest absolute Gasteiger partial charge is 0.410 e. The number of esters is 2. The molecule has 2 aromatic heterocycles. The quantitative estimate of drug-likeness (QED) is 0.0649. The van der Waals surface area contributed by atoms with Crippen molar-refractivity contribution in [2.75, 3.05) is 24.6 Å². The molecule has 6 aromatic rings. The summed E-state index contributed by atoms with van der Waals surface area (Å²) in [6, 6.07) is 48.2. The summed E-state index contributed by atoms with van der Waals surface area (Å²) in [7, 11) is 0. The molecule has 78 heavy (non-hydrogen) atoms. The van der Waals surface area contributed by atoms with Crippen molar-refractivity contribution in [3.05, 3.63) is 204 Å². The van der Waals surface area contributed by atoms with Crippen molar-refractivity contribution < 1.29 is 42.9 Å². The van der Waals surface area contributed by atoms with Gasteiger partial charge in [0.25, 0.3) is 0 Å². The summed E-state index contributed by atoms with van der Waals surface area (Å²) in [6.45, 7) is 11.7. The first-order valence-electron chi connectivity index (χ1n) is 26.8. The third-order valence-electron chi connectivity index (χ3n) is 13.7. The van der Waals surface area contributed by atoms with Crippen LogP contribution in [0.5, 0.6) is 0 Å². The molecule has 13 nitrogen and oxygen atoms in total. The molecule has 0 saturated carbocycles. The van der Waals surface area contributed by atoms with Gasteiger partial charge in [-0.2, -0.15) is 0 Å². The van der Waals surface area contributed by atoms with E-state index in [1.54, 1.807) is 65.6 Å². The van der Waals surface area contributed by atoms with Gasteiger partial charge < -0.3 is 28.7 Å². The van der Waals surface area contributed by atoms with Crippen LogP contribution in [-0.4, -0.2) is 97.7 Å². The van der Waals surface area contributed by atoms with E-state index in [9.17, 15) is 24.0 Å². The molecule has 3 fully saturated rings. The summed E-state index contributed by atoms with van der Waals surface area (Å²) >= 11 is 3.62. The van der Waals surface area contributed by atoms with E-state index >= 15 is 0 Å². The second kappa shape index (κ2) is 26.1. The van der Waals surface area contributed by atoms with Gasteiger partial charge in [-0.25, -0.2) is 19.2 Å². The number of Topliss-reactive ketones (excluding diaryl/α,β-unsaturated/α-hetero) is 1. The molecule has 5 heterocycles. The highest BCUT2D eigenvalue weighted by Gasteiger charge is 2.53. The molecule has 3 aliphatic rings. The number of pyridine rings is 2. The maximum Gasteiger partial charge on any atom is 0.410 e. The normalized spacial score (nSPS) is 20.1. The molecule has 6 atom stereocenters. The van der Waals surface area contributed by atoms with Gasteiger partial charge >= 0.3 is 24.1 Å². The first-order valence-corrected chi connectivity index (χ1v) is 28.7. The SMILES string of the molecule is CC(C)(C)OC(=O)N1CC(C(OC(=O)c2ccccc2)C(=O)c2ccccn2)CCC1c1ccccc1.CC(C)(C)OC(=O)N1CC(C(OC(=O)c2ccccc2)C2(c3ccccn3)SCCCS2)CCC1c1ccccc1. The number of amides is 2. The number of hydrogen-bond donors (Lipinski definition) is 0. The molecule has 15 heteroatoms. The highest BCUT2D eigenvalue weighted by molar-refractivity contribution is 8.18. The lowest BCUT2D eigenvalue weighted by Gasteiger charge is -2.48. The van der Waals surface area contributed by atoms with Crippen LogP contribution in [0.2, 0.25) is 0 Å². The molecule has 408 valence electrons. The largest absolute Gasteiger partial charge is 0.456 e. The molecular formula is C63H70N4O9S2. The number of carbonyl (C=O) groups is 5. The molecule has 2 amide bonds. The van der Waals surface area contributed by atoms with Crippen LogP contribution in [0, 0.1) is 11.8 Å². The van der Waals surface area contributed by atoms with E-state index in [-0.39, 0.29) is 42.3 Å². The Hall–Kier alpha value is -6.97. The number of ether oxygens (including phenoxy) is 4. The van der Waals surface area contributed by atoms with Gasteiger partial charge in [-0.1, -0.05) is 109 Å². The first-order chi connectivity index (χ1) is 37.5. The Morgan fingerprint density at radius 2 is 0.962 bits per heavy atom. The van der Waals surface area contributed by atoms with E-state index in [2.05, 4.69) is 17.1 Å². The second-order valence-corrected chi connectivity index (χ2v) is 24.6. The molecule has 0 aliphatic carbocycles. The number of aromatic nitrogens is 2. The number of nitrogens with zero attached hydrogens (tertiary/aromatic N) is 4. The maximum absolute atomic E-state index is 13.7. The second-order valence-electron chi connectivity index (χ2n) is 21.7. The van der Waals surface area contributed by atoms with Crippen LogP contribution in [0.4, 0.5) is 9.59 Å². The molecule has 3 aliphatic heterocycles. The number of ketones is 1. The number of rotatable bonds is 12. The van der Waals surface area contributed by atoms with Crippen LogP contribution in [0.1, 0.15) is 134 Å². The molecule has 0 bridgehead atoms. The summed E-state index contributed by atoms with van der Waals surface area (Å²) in [5, 5.41) is 0. The van der Waals surface area contributed by atoms with Crippen LogP contribution in [0.3, 0.4) is 0 Å². The Balaban J connectivity index is 0.000000207. The summed E-state index contributed by atoms with van der Waals surface area (Å²) in [4.78, 5) is 79.8. The number of thioether (sulfide) groups is 2. The monoisotopic (exact) mass is 1090 g/mol. The van der Waals surface area contributed by atoms with Gasteiger partial charge in [-0.15, -0.1) is 23.5 Å². The number of likely N-dealkylation sites (tertiary alicyclic amines) is 2. The fourth-order valence-corrected chi connectivity index (χ4v) is 13.7. The van der Waals surface area contributed by atoms with Gasteiger partial charge in [0.15, 0.2) is 6.10 Å². The van der Waals surface area contributed by atoms with Crippen LogP contribution in [0.25, 0.3) is 0 Å². The van der Waals surface area contributed by atoms with Gasteiger partial charge in [-0.05, 0) is 145 Å². The van der Waals surface area contributed by atoms with Gasteiger partial charge in [0.05, 0.1) is 28.9 Å². The van der Waals surface area contributed by atoms with Crippen molar-refractivity contribution >= 4 is 53.4 Å². The third-order valence-corrected chi connectivity index (χ3v) is 17.1. The minimum absolute atomic E-state index is 0.116. The average Bonchev–Trinajstić information content (AvgIpc) is 3.57. The Morgan fingerprint density at radius 3 is 1.42 bits per heavy atom. The molecule has 6 unspecified atom stereocenters. The highest BCUT2D eigenvalue weighted by Crippen LogP contribution is 2.56. The number of carbonyl (C=O) groups excluding carboxylic acids is 5.